The van der Waals surface area contributed by atoms with Gasteiger partial charge < -0.3 is 5.32 Å². The van der Waals surface area contributed by atoms with Crippen molar-refractivity contribution < 1.29 is 9.18 Å². The van der Waals surface area contributed by atoms with Crippen molar-refractivity contribution in [2.45, 2.75) is 44.9 Å². The van der Waals surface area contributed by atoms with E-state index in [1.54, 1.807) is 12.1 Å². The van der Waals surface area contributed by atoms with Crippen molar-refractivity contribution in [2.75, 3.05) is 5.32 Å². The van der Waals surface area contributed by atoms with E-state index in [0.29, 0.717) is 17.8 Å². The third kappa shape index (κ3) is 3.60. The molecule has 3 aromatic rings. The third-order valence-electron chi connectivity index (χ3n) is 7.23. The van der Waals surface area contributed by atoms with Crippen molar-refractivity contribution in [3.8, 4) is 0 Å². The van der Waals surface area contributed by atoms with Crippen molar-refractivity contribution >= 4 is 22.5 Å². The van der Waals surface area contributed by atoms with Gasteiger partial charge in [0.15, 0.2) is 0 Å². The summed E-state index contributed by atoms with van der Waals surface area (Å²) in [7, 11) is 0. The first-order valence-electron chi connectivity index (χ1n) is 11.0. The Kier molecular flexibility index (Phi) is 5.01. The number of fused-ring (bicyclic) bond motifs is 3. The van der Waals surface area contributed by atoms with E-state index in [2.05, 4.69) is 16.4 Å². The van der Waals surface area contributed by atoms with Gasteiger partial charge in [-0.1, -0.05) is 17.7 Å². The molecule has 2 aliphatic carbocycles. The van der Waals surface area contributed by atoms with Crippen LogP contribution in [0, 0.1) is 30.5 Å². The maximum Gasteiger partial charge on any atom is 0.227 e. The minimum Gasteiger partial charge on any atom is -0.326 e. The Bertz CT molecular complexity index is 1080. The monoisotopic (exact) mass is 402 g/mol. The van der Waals surface area contributed by atoms with Crippen LogP contribution in [-0.4, -0.2) is 10.9 Å². The zero-order valence-corrected chi connectivity index (χ0v) is 17.3. The summed E-state index contributed by atoms with van der Waals surface area (Å²) in [6.07, 6.45) is 7.01. The topological polar surface area (TPSA) is 42.0 Å². The smallest absolute Gasteiger partial charge is 0.227 e. The van der Waals surface area contributed by atoms with Gasteiger partial charge in [-0.05, 0) is 98.7 Å². The molecule has 2 saturated carbocycles. The second kappa shape index (κ2) is 7.82. The number of rotatable bonds is 3. The number of halogens is 1. The normalized spacial score (nSPS) is 25.8. The highest BCUT2D eigenvalue weighted by atomic mass is 19.1. The van der Waals surface area contributed by atoms with Crippen molar-refractivity contribution in [3.63, 3.8) is 0 Å². The number of amides is 1. The Morgan fingerprint density at radius 3 is 2.63 bits per heavy atom. The Labute approximate surface area is 176 Å². The quantitative estimate of drug-likeness (QED) is 0.564. The zero-order valence-electron chi connectivity index (χ0n) is 17.3. The first-order chi connectivity index (χ1) is 14.6. The van der Waals surface area contributed by atoms with E-state index in [1.807, 2.05) is 37.4 Å². The van der Waals surface area contributed by atoms with Crippen LogP contribution in [0.3, 0.4) is 0 Å². The Balaban J connectivity index is 1.32. The standard InChI is InChI=1S/C26H27FN2O/c1-16-2-7-20(8-3-16)29-26(30)22-10-5-17-14-18(22)4-9-21(17)23-12-13-28-25-11-6-19(27)15-24(23)25/h2-3,6-8,11-13,15,17-18,21-22H,4-5,9-10,14H2,1H3,(H,29,30)/t17-,18-,21+,22+/m1/s1. The van der Waals surface area contributed by atoms with E-state index in [0.717, 1.165) is 48.7 Å². The minimum atomic E-state index is -0.207. The van der Waals surface area contributed by atoms with Crippen LogP contribution in [0.25, 0.3) is 10.9 Å². The predicted molar refractivity (Wildman–Crippen MR) is 118 cm³/mol. The molecule has 4 heteroatoms. The summed E-state index contributed by atoms with van der Waals surface area (Å²) in [5.41, 5.74) is 4.16. The third-order valence-corrected chi connectivity index (χ3v) is 7.23. The highest BCUT2D eigenvalue weighted by Gasteiger charge is 2.42. The summed E-state index contributed by atoms with van der Waals surface area (Å²) in [5.74, 6) is 1.47. The van der Waals surface area contributed by atoms with E-state index in [4.69, 9.17) is 0 Å². The van der Waals surface area contributed by atoms with Crippen molar-refractivity contribution in [3.05, 3.63) is 71.7 Å². The zero-order chi connectivity index (χ0) is 20.7. The largest absolute Gasteiger partial charge is 0.326 e. The first kappa shape index (κ1) is 19.2. The van der Waals surface area contributed by atoms with Gasteiger partial charge >= 0.3 is 0 Å². The number of nitrogens with one attached hydrogen (secondary N) is 1. The number of carbonyl (C=O) groups is 1. The number of aryl methyl sites for hydroxylation is 1. The number of nitrogens with zero attached hydrogens (tertiary/aromatic N) is 1. The molecule has 1 heterocycles. The maximum absolute atomic E-state index is 13.9. The molecular weight excluding hydrogens is 375 g/mol. The fraction of sp³-hybridized carbons (Fsp3) is 0.385. The predicted octanol–water partition coefficient (Wildman–Crippen LogP) is 6.23. The van der Waals surface area contributed by atoms with E-state index >= 15 is 0 Å². The molecule has 0 spiro atoms. The lowest BCUT2D eigenvalue weighted by atomic mass is 9.61. The number of benzene rings is 2. The first-order valence-corrected chi connectivity index (χ1v) is 11.0. The molecule has 0 saturated heterocycles. The number of hydrogen-bond donors (Lipinski definition) is 1. The van der Waals surface area contributed by atoms with Crippen LogP contribution in [0.4, 0.5) is 10.1 Å². The van der Waals surface area contributed by atoms with Gasteiger partial charge in [-0.15, -0.1) is 0 Å². The van der Waals surface area contributed by atoms with Crippen LogP contribution in [-0.2, 0) is 4.79 Å². The van der Waals surface area contributed by atoms with Crippen molar-refractivity contribution in [1.29, 1.82) is 0 Å². The van der Waals surface area contributed by atoms with Gasteiger partial charge in [0.2, 0.25) is 5.91 Å². The molecular formula is C26H27FN2O. The molecule has 2 aliphatic rings. The highest BCUT2D eigenvalue weighted by molar-refractivity contribution is 5.92. The average Bonchev–Trinajstić information content (AvgIpc) is 2.75. The summed E-state index contributed by atoms with van der Waals surface area (Å²) in [6, 6.07) is 15.0. The molecule has 2 fully saturated rings. The molecule has 5 rings (SSSR count). The Morgan fingerprint density at radius 1 is 1.00 bits per heavy atom. The van der Waals surface area contributed by atoms with Gasteiger partial charge in [-0.25, -0.2) is 4.39 Å². The van der Waals surface area contributed by atoms with Crippen LogP contribution in [0.1, 0.15) is 49.1 Å². The Hall–Kier alpha value is -2.75. The molecule has 30 heavy (non-hydrogen) atoms. The molecule has 4 atom stereocenters. The van der Waals surface area contributed by atoms with E-state index in [9.17, 15) is 9.18 Å². The van der Waals surface area contributed by atoms with Crippen LogP contribution in [0.15, 0.2) is 54.7 Å². The molecule has 1 N–H and O–H groups in total. The summed E-state index contributed by atoms with van der Waals surface area (Å²) >= 11 is 0. The van der Waals surface area contributed by atoms with Gasteiger partial charge in [0.05, 0.1) is 5.52 Å². The number of pyridine rings is 1. The lowest BCUT2D eigenvalue weighted by Crippen LogP contribution is -2.39. The molecule has 0 aliphatic heterocycles. The van der Waals surface area contributed by atoms with Crippen LogP contribution in [0.5, 0.6) is 0 Å². The van der Waals surface area contributed by atoms with Crippen LogP contribution >= 0.6 is 0 Å². The lowest BCUT2D eigenvalue weighted by molar-refractivity contribution is -0.123. The molecule has 2 bridgehead atoms. The highest BCUT2D eigenvalue weighted by Crippen LogP contribution is 2.51. The molecule has 1 aromatic heterocycles. The molecule has 154 valence electrons. The number of carbonyl (C=O) groups excluding carboxylic acids is 1. The molecule has 2 aromatic carbocycles. The van der Waals surface area contributed by atoms with Crippen LogP contribution < -0.4 is 5.32 Å². The second-order valence-electron chi connectivity index (χ2n) is 9.04. The van der Waals surface area contributed by atoms with Gasteiger partial charge in [-0.2, -0.15) is 0 Å². The van der Waals surface area contributed by atoms with E-state index < -0.39 is 0 Å². The maximum atomic E-state index is 13.9. The SMILES string of the molecule is Cc1ccc(NC(=O)[C@H]2CC[C@@H]3C[C@H]2CC[C@@H]3c2ccnc3ccc(F)cc23)cc1. The fourth-order valence-corrected chi connectivity index (χ4v) is 5.70. The fourth-order valence-electron chi connectivity index (χ4n) is 5.70. The molecule has 1 amide bonds. The molecule has 3 nitrogen and oxygen atoms in total. The average molecular weight is 403 g/mol. The van der Waals surface area contributed by atoms with Gasteiger partial charge in [0, 0.05) is 23.2 Å². The lowest BCUT2D eigenvalue weighted by Gasteiger charge is -2.44. The number of anilines is 1. The molecule has 0 unspecified atom stereocenters. The summed E-state index contributed by atoms with van der Waals surface area (Å²) in [6.45, 7) is 2.05. The number of hydrogen-bond acceptors (Lipinski definition) is 2. The van der Waals surface area contributed by atoms with Crippen LogP contribution in [0.2, 0.25) is 0 Å². The summed E-state index contributed by atoms with van der Waals surface area (Å²) in [4.78, 5) is 17.4. The molecule has 0 radical (unpaired) electrons. The minimum absolute atomic E-state index is 0.0927. The van der Waals surface area contributed by atoms with Gasteiger partial charge in [0.25, 0.3) is 0 Å². The van der Waals surface area contributed by atoms with E-state index in [-0.39, 0.29) is 17.6 Å². The number of aromatic nitrogens is 1. The van der Waals surface area contributed by atoms with Gasteiger partial charge in [-0.3, -0.25) is 9.78 Å². The van der Waals surface area contributed by atoms with E-state index in [1.165, 1.54) is 17.2 Å². The Morgan fingerprint density at radius 2 is 1.80 bits per heavy atom. The van der Waals surface area contributed by atoms with Crippen molar-refractivity contribution in [2.24, 2.45) is 17.8 Å². The van der Waals surface area contributed by atoms with Crippen molar-refractivity contribution in [1.82, 2.24) is 4.98 Å². The second-order valence-corrected chi connectivity index (χ2v) is 9.04. The van der Waals surface area contributed by atoms with Gasteiger partial charge in [0.1, 0.15) is 5.82 Å². The summed E-state index contributed by atoms with van der Waals surface area (Å²) in [5, 5.41) is 4.07. The summed E-state index contributed by atoms with van der Waals surface area (Å²) < 4.78 is 13.9.